The van der Waals surface area contributed by atoms with Crippen molar-refractivity contribution in [2.75, 3.05) is 59.0 Å². The summed E-state index contributed by atoms with van der Waals surface area (Å²) in [6.07, 6.45) is 26.2. The molecule has 0 atom stereocenters. The highest BCUT2D eigenvalue weighted by molar-refractivity contribution is 8.27. The Morgan fingerprint density at radius 3 is 1.35 bits per heavy atom. The fraction of sp³-hybridized carbons (Fsp3) is 0.276. The van der Waals surface area contributed by atoms with Gasteiger partial charge in [0.25, 0.3) is 46.6 Å². The van der Waals surface area contributed by atoms with Gasteiger partial charge in [0.15, 0.2) is 10.7 Å². The minimum absolute atomic E-state index is 0.0777. The largest absolute Gasteiger partial charge is 0.492 e. The number of nitrogens with zero attached hydrogens (tertiary/aromatic N) is 11. The van der Waals surface area contributed by atoms with Gasteiger partial charge >= 0.3 is 53.8 Å². The first-order valence-electron chi connectivity index (χ1n) is 35.3. The number of aromatic nitrogens is 2. The third-order valence-corrected chi connectivity index (χ3v) is 22.1. The van der Waals surface area contributed by atoms with Crippen LogP contribution >= 0.6 is 107 Å². The summed E-state index contributed by atoms with van der Waals surface area (Å²) in [5, 5.41) is 94.9. The molecule has 0 radical (unpaired) electrons. The topological polar surface area (TPSA) is 571 Å². The fourth-order valence-electron chi connectivity index (χ4n) is 9.58. The number of amides is 8. The van der Waals surface area contributed by atoms with Crippen LogP contribution in [0.15, 0.2) is 132 Å². The number of urea groups is 1. The molecular weight excluding hydrogens is 1800 g/mol. The quantitative estimate of drug-likeness (QED) is 0.00734. The number of hydrogen-bond donors (Lipinski definition) is 9. The average molecular weight is 1880 g/mol. The number of carbonyl (C=O) groups is 15. The monoisotopic (exact) mass is 1880 g/mol. The molecule has 3 aromatic rings. The van der Waals surface area contributed by atoms with E-state index in [1.807, 2.05) is 64.2 Å². The number of hydrogen-bond acceptors (Lipinski definition) is 31. The van der Waals surface area contributed by atoms with E-state index in [4.69, 9.17) is 110 Å². The Balaban J connectivity index is 0.000000495. The molecule has 39 nitrogen and oxygen atoms in total. The second-order valence-corrected chi connectivity index (χ2v) is 30.8. The fourth-order valence-corrected chi connectivity index (χ4v) is 15.6. The van der Waals surface area contributed by atoms with Gasteiger partial charge in [-0.1, -0.05) is 157 Å². The SMILES string of the molecule is C/C=C1\C(=O)N(CC(=O)O)C(=S)N1CC(=O)O.C/C=c1/sc(=C(C#N)C#N)n(CC(=O)O)c1=O.C/C=c1/sc(=C/C(OCC)=C2/SC(=S)N(CC(=O)O)C2=O)n(CC)c1=O.CC=C/C=C1/SC(=S)N(CC(=O)O)C1=O.CC=C/C=C1/SC(=S)N(CCCOO)C1=O.CC=C1C(=O)N(CC(=O)O)C(=O)N(CC(=O)O)C1=O.CC=CC=Cc1ccc(C(=O)O)cc1. The number of aliphatic carboxylic acids is 7. The number of aromatic carboxylic acids is 1. The molecule has 5 aliphatic rings. The number of carbonyl (C=O) groups excluding carboxylic acids is 7. The second kappa shape index (κ2) is 54.0. The van der Waals surface area contributed by atoms with Crippen molar-refractivity contribution in [3.05, 3.63) is 173 Å². The minimum Gasteiger partial charge on any atom is -0.492 e. The number of barbiturate groups is 1. The van der Waals surface area contributed by atoms with Crippen molar-refractivity contribution in [2.45, 2.75) is 81.8 Å². The van der Waals surface area contributed by atoms with E-state index in [9.17, 15) is 81.5 Å². The first kappa shape index (κ1) is 107. The lowest BCUT2D eigenvalue weighted by atomic mass is 10.1. The predicted octanol–water partition coefficient (Wildman–Crippen LogP) is 4.63. The van der Waals surface area contributed by atoms with Crippen LogP contribution in [0, 0.1) is 22.7 Å². The Labute approximate surface area is 746 Å². The third-order valence-electron chi connectivity index (χ3n) is 15.0. The van der Waals surface area contributed by atoms with Crippen LogP contribution in [0.3, 0.4) is 0 Å². The first-order valence-corrected chi connectivity index (χ1v) is 41.0. The standard InChI is InChI=1S/C16H18N2O5S3.C12H12O2.C10H7N3O3S.C10H10N2O7.C10H13NO3S2.C9H10N2O5S.C9H9NO3S2/c1-4-10-14(21)17(5-2)11(25-10)7-9(23-6-3)13-15(22)18(8-12(19)20)16(24)26-13;1-2-3-4-5-10-6-8-11(9-7-10)12(13)14;1-2-7-9(16)13(5-8(14)15)10(17-7)6(3-11)4-12;1-2-5-8(17)11(3-6(13)14)10(19)12(9(5)18)4-7(15)16;1-2-3-5-8-9(12)11(10(15)16-8)6-4-7-14-13;1-2-5-8(16)11(4-7(14)15)9(17)10(5)3-6(12)13;1-2-3-4-6-8(13)10(5-7(11)12)9(14)15-6/h4,7H,5-6,8H2,1-3H3,(H,19,20);2-9H,1H3,(H,13,14);2H,5H2,1H3,(H,14,15);2H,3-4H2,1H3,(H,13,14)(H,15,16);2-3,5,13H,4,6-7H2,1H3;2H,3-4H2,1H3,(H,12,13)(H,14,15);2-4H,5H2,1H3,(H,11,12)/b10-4+,11-7?,13-9-;;7-2+;;3-2?,8-5+;5-2+;3-2?,6-4+. The summed E-state index contributed by atoms with van der Waals surface area (Å²) in [5.74, 6) is -13.0. The maximum absolute atomic E-state index is 12.6. The van der Waals surface area contributed by atoms with Gasteiger partial charge < -0.3 is 50.5 Å². The Hall–Kier alpha value is -12.6. The number of carboxylic acid groups (broad SMARTS) is 8. The molecule has 7 heterocycles. The van der Waals surface area contributed by atoms with Crippen LogP contribution in [-0.2, 0) is 85.0 Å². The van der Waals surface area contributed by atoms with Crippen LogP contribution in [0.4, 0.5) is 4.79 Å². The van der Waals surface area contributed by atoms with Gasteiger partial charge in [0.2, 0.25) is 0 Å². The molecule has 5 aliphatic heterocycles. The van der Waals surface area contributed by atoms with Crippen molar-refractivity contribution in [3.63, 3.8) is 0 Å². The number of rotatable bonds is 27. The van der Waals surface area contributed by atoms with Gasteiger partial charge in [-0.15, -0.1) is 22.7 Å². The number of ether oxygens (including phenoxy) is 1. The number of thioether (sulfide) groups is 3. The van der Waals surface area contributed by atoms with E-state index >= 15 is 0 Å². The van der Waals surface area contributed by atoms with Crippen LogP contribution in [0.25, 0.3) is 29.9 Å². The molecule has 0 bridgehead atoms. The van der Waals surface area contributed by atoms with Crippen molar-refractivity contribution >= 4 is 244 Å². The number of benzene rings is 1. The lowest BCUT2D eigenvalue weighted by Gasteiger charge is -2.31. The van der Waals surface area contributed by atoms with Gasteiger partial charge in [-0.3, -0.25) is 106 Å². The molecule has 124 heavy (non-hydrogen) atoms. The predicted molar refractivity (Wildman–Crippen MR) is 472 cm³/mol. The zero-order chi connectivity index (χ0) is 94.1. The molecule has 5 saturated heterocycles. The van der Waals surface area contributed by atoms with E-state index in [1.54, 1.807) is 105 Å². The highest BCUT2D eigenvalue weighted by Gasteiger charge is 2.44. The van der Waals surface area contributed by atoms with E-state index in [0.717, 1.165) is 70.7 Å². The van der Waals surface area contributed by atoms with Crippen LogP contribution in [0.5, 0.6) is 0 Å². The Morgan fingerprint density at radius 1 is 0.484 bits per heavy atom. The Bertz CT molecular complexity index is 5460. The summed E-state index contributed by atoms with van der Waals surface area (Å²) >= 11 is 25.6. The van der Waals surface area contributed by atoms with E-state index in [1.165, 1.54) is 47.1 Å². The van der Waals surface area contributed by atoms with Crippen molar-refractivity contribution in [3.8, 4) is 12.1 Å². The van der Waals surface area contributed by atoms with Gasteiger partial charge in [-0.2, -0.15) is 10.5 Å². The minimum atomic E-state index is -1.46. The van der Waals surface area contributed by atoms with Crippen molar-refractivity contribution in [1.82, 2.24) is 43.4 Å². The summed E-state index contributed by atoms with van der Waals surface area (Å²) in [5.41, 5.74) is 0.0851. The van der Waals surface area contributed by atoms with Gasteiger partial charge in [-0.25, -0.2) is 24.3 Å². The Morgan fingerprint density at radius 2 is 0.919 bits per heavy atom. The van der Waals surface area contributed by atoms with Gasteiger partial charge in [0.05, 0.1) is 37.7 Å². The number of allylic oxidation sites excluding steroid dienone is 12. The first-order chi connectivity index (χ1) is 58.5. The van der Waals surface area contributed by atoms with E-state index in [0.29, 0.717) is 69.3 Å². The maximum Gasteiger partial charge on any atom is 0.335 e. The molecule has 9 N–H and O–H groups in total. The normalized spacial score (nSPS) is 16.3. The highest BCUT2D eigenvalue weighted by atomic mass is 32.2. The molecule has 1 aromatic carbocycles. The van der Waals surface area contributed by atoms with Gasteiger partial charge in [0, 0.05) is 19.2 Å². The summed E-state index contributed by atoms with van der Waals surface area (Å²) in [4.78, 5) is 203. The molecule has 0 saturated carbocycles. The van der Waals surface area contributed by atoms with Gasteiger partial charge in [0.1, 0.15) is 102 Å². The summed E-state index contributed by atoms with van der Waals surface area (Å²) < 4.78 is 10.8. The average Bonchev–Trinajstić information content (AvgIpc) is 1.76. The van der Waals surface area contributed by atoms with E-state index in [-0.39, 0.29) is 70.9 Å². The zero-order valence-corrected chi connectivity index (χ0v) is 74.2. The number of thiocarbonyl (C=S) groups is 4. The van der Waals surface area contributed by atoms with Crippen LogP contribution in [-0.4, -0.2) is 256 Å². The molecule has 0 unspecified atom stereocenters. The summed E-state index contributed by atoms with van der Waals surface area (Å²) in [6.45, 7) is 12.7. The maximum atomic E-state index is 12.6. The number of carboxylic acids is 8. The molecule has 2 aromatic heterocycles. The number of nitriles is 2. The van der Waals surface area contributed by atoms with Crippen molar-refractivity contribution in [1.29, 1.82) is 10.5 Å². The molecule has 8 rings (SSSR count). The van der Waals surface area contributed by atoms with E-state index in [2.05, 4.69) is 4.89 Å². The second-order valence-electron chi connectivity index (χ2n) is 23.4. The molecule has 5 fully saturated rings. The van der Waals surface area contributed by atoms with Crippen LogP contribution in [0.1, 0.15) is 84.7 Å². The van der Waals surface area contributed by atoms with E-state index < -0.39 is 128 Å². The molecule has 660 valence electrons. The molecule has 48 heteroatoms. The highest BCUT2D eigenvalue weighted by Crippen LogP contribution is 2.35. The van der Waals surface area contributed by atoms with Gasteiger partial charge in [-0.05, 0) is 111 Å². The van der Waals surface area contributed by atoms with Crippen molar-refractivity contribution in [2.24, 2.45) is 0 Å². The molecule has 8 amide bonds. The molecule has 0 spiro atoms. The lowest BCUT2D eigenvalue weighted by molar-refractivity contribution is -0.242. The number of thiazole rings is 2. The summed E-state index contributed by atoms with van der Waals surface area (Å²) in [7, 11) is 0. The number of imide groups is 2. The zero-order valence-electron chi connectivity index (χ0n) is 66.8. The van der Waals surface area contributed by atoms with Crippen LogP contribution in [0.2, 0.25) is 0 Å². The smallest absolute Gasteiger partial charge is 0.335 e. The van der Waals surface area contributed by atoms with Crippen LogP contribution < -0.4 is 29.5 Å². The lowest BCUT2D eigenvalue weighted by Crippen LogP contribution is -2.58. The summed E-state index contributed by atoms with van der Waals surface area (Å²) in [6, 6.07) is 8.78. The van der Waals surface area contributed by atoms with Crippen molar-refractivity contribution < 1.29 is 128 Å². The molecular formula is C76H79N11O28S9. The third kappa shape index (κ3) is 32.0. The molecule has 0 aliphatic carbocycles. The Kier molecular flexibility index (Phi) is 46.8.